The summed E-state index contributed by atoms with van der Waals surface area (Å²) in [7, 11) is 0. The molecule has 0 unspecified atom stereocenters. The van der Waals surface area contributed by atoms with Crippen LogP contribution in [0.5, 0.6) is 5.75 Å². The van der Waals surface area contributed by atoms with Crippen LogP contribution in [0.15, 0.2) is 24.3 Å². The van der Waals surface area contributed by atoms with Crippen molar-refractivity contribution in [1.29, 1.82) is 0 Å². The molecule has 1 aliphatic carbocycles. The van der Waals surface area contributed by atoms with Crippen LogP contribution in [-0.2, 0) is 14.4 Å². The van der Waals surface area contributed by atoms with E-state index in [1.54, 1.807) is 17.0 Å². The predicted octanol–water partition coefficient (Wildman–Crippen LogP) is 0.366. The van der Waals surface area contributed by atoms with E-state index in [0.717, 1.165) is 18.7 Å². The molecule has 7 nitrogen and oxygen atoms in total. The number of amides is 2. The third-order valence-electron chi connectivity index (χ3n) is 4.77. The molecule has 0 radical (unpaired) electrons. The monoisotopic (exact) mass is 359 g/mol. The number of nitrogens with zero attached hydrogens (tertiary/aromatic N) is 2. The standard InChI is InChI=1S/C19H25N3O4/c1-14-2-6-16(7-3-14)26-13-17(23)19(25)20-12-18(24)22-10-8-21(9-11-22)15-4-5-15/h2-3,6-7,15H,4-5,8-13H2,1H3,(H,20,25). The van der Waals surface area contributed by atoms with E-state index in [1.165, 1.54) is 12.8 Å². The first-order valence-electron chi connectivity index (χ1n) is 9.05. The van der Waals surface area contributed by atoms with Crippen LogP contribution in [0.25, 0.3) is 0 Å². The topological polar surface area (TPSA) is 78.9 Å². The van der Waals surface area contributed by atoms with Gasteiger partial charge in [0.1, 0.15) is 5.75 Å². The SMILES string of the molecule is Cc1ccc(OCC(=O)C(=O)NCC(=O)N2CCN(C3CC3)CC2)cc1. The van der Waals surface area contributed by atoms with E-state index >= 15 is 0 Å². The molecule has 1 saturated heterocycles. The second-order valence-electron chi connectivity index (χ2n) is 6.86. The number of nitrogens with one attached hydrogen (secondary N) is 1. The number of piperazine rings is 1. The summed E-state index contributed by atoms with van der Waals surface area (Å²) in [5, 5.41) is 2.40. The highest BCUT2D eigenvalue weighted by Gasteiger charge is 2.32. The summed E-state index contributed by atoms with van der Waals surface area (Å²) in [5.74, 6) is -1.11. The Bertz CT molecular complexity index is 662. The molecular formula is C19H25N3O4. The molecule has 1 saturated carbocycles. The van der Waals surface area contributed by atoms with Crippen LogP contribution in [0.3, 0.4) is 0 Å². The molecule has 3 rings (SSSR count). The van der Waals surface area contributed by atoms with Gasteiger partial charge < -0.3 is 15.0 Å². The first kappa shape index (κ1) is 18.4. The second kappa shape index (κ2) is 8.31. The van der Waals surface area contributed by atoms with Crippen LogP contribution in [0.1, 0.15) is 18.4 Å². The first-order chi connectivity index (χ1) is 12.5. The Morgan fingerprint density at radius 3 is 2.35 bits per heavy atom. The molecule has 2 amide bonds. The number of carbonyl (C=O) groups is 3. The van der Waals surface area contributed by atoms with Crippen molar-refractivity contribution < 1.29 is 19.1 Å². The van der Waals surface area contributed by atoms with Crippen molar-refractivity contribution in [1.82, 2.24) is 15.1 Å². The molecule has 2 aliphatic rings. The van der Waals surface area contributed by atoms with E-state index in [9.17, 15) is 14.4 Å². The molecule has 26 heavy (non-hydrogen) atoms. The molecular weight excluding hydrogens is 334 g/mol. The van der Waals surface area contributed by atoms with Gasteiger partial charge in [-0.15, -0.1) is 0 Å². The van der Waals surface area contributed by atoms with Gasteiger partial charge in [-0.2, -0.15) is 0 Å². The Balaban J connectivity index is 1.35. The van der Waals surface area contributed by atoms with Crippen LogP contribution in [-0.4, -0.2) is 72.8 Å². The maximum Gasteiger partial charge on any atom is 0.291 e. The summed E-state index contributed by atoms with van der Waals surface area (Å²) < 4.78 is 5.30. The number of carbonyl (C=O) groups excluding carboxylic acids is 3. The summed E-state index contributed by atoms with van der Waals surface area (Å²) in [6.45, 7) is 4.57. The molecule has 0 bridgehead atoms. The zero-order chi connectivity index (χ0) is 18.5. The Morgan fingerprint density at radius 1 is 1.08 bits per heavy atom. The van der Waals surface area contributed by atoms with E-state index in [2.05, 4.69) is 10.2 Å². The Hall–Kier alpha value is -2.41. The zero-order valence-corrected chi connectivity index (χ0v) is 15.1. The largest absolute Gasteiger partial charge is 0.485 e. The number of hydrogen-bond donors (Lipinski definition) is 1. The van der Waals surface area contributed by atoms with E-state index in [0.29, 0.717) is 24.9 Å². The van der Waals surface area contributed by atoms with Gasteiger partial charge in [-0.25, -0.2) is 0 Å². The molecule has 1 aromatic carbocycles. The van der Waals surface area contributed by atoms with Gasteiger partial charge in [0.25, 0.3) is 11.7 Å². The number of aryl methyl sites for hydroxylation is 1. The van der Waals surface area contributed by atoms with Crippen LogP contribution >= 0.6 is 0 Å². The van der Waals surface area contributed by atoms with E-state index in [-0.39, 0.29) is 19.1 Å². The van der Waals surface area contributed by atoms with E-state index in [4.69, 9.17) is 4.74 Å². The summed E-state index contributed by atoms with van der Waals surface area (Å²) in [6.07, 6.45) is 2.52. The van der Waals surface area contributed by atoms with Gasteiger partial charge in [-0.1, -0.05) is 17.7 Å². The molecule has 1 N–H and O–H groups in total. The third kappa shape index (κ3) is 5.05. The van der Waals surface area contributed by atoms with Crippen LogP contribution < -0.4 is 10.1 Å². The Kier molecular flexibility index (Phi) is 5.88. The number of benzene rings is 1. The summed E-state index contributed by atoms with van der Waals surface area (Å²) >= 11 is 0. The van der Waals surface area contributed by atoms with Gasteiger partial charge in [-0.05, 0) is 31.9 Å². The van der Waals surface area contributed by atoms with Crippen molar-refractivity contribution >= 4 is 17.6 Å². The average molecular weight is 359 g/mol. The molecule has 140 valence electrons. The molecule has 0 spiro atoms. The third-order valence-corrected chi connectivity index (χ3v) is 4.77. The van der Waals surface area contributed by atoms with Crippen molar-refractivity contribution in [3.63, 3.8) is 0 Å². The maximum absolute atomic E-state index is 12.2. The molecule has 7 heteroatoms. The van der Waals surface area contributed by atoms with Gasteiger partial charge in [0.15, 0.2) is 6.61 Å². The molecule has 1 aromatic rings. The highest BCUT2D eigenvalue weighted by Crippen LogP contribution is 2.27. The van der Waals surface area contributed by atoms with Crippen molar-refractivity contribution in [3.8, 4) is 5.75 Å². The van der Waals surface area contributed by atoms with Gasteiger partial charge in [-0.3, -0.25) is 19.3 Å². The van der Waals surface area contributed by atoms with Gasteiger partial charge in [0, 0.05) is 32.2 Å². The number of ether oxygens (including phenoxy) is 1. The summed E-state index contributed by atoms with van der Waals surface area (Å²) in [6, 6.07) is 7.91. The average Bonchev–Trinajstić information content (AvgIpc) is 3.50. The van der Waals surface area contributed by atoms with Gasteiger partial charge in [0.2, 0.25) is 5.91 Å². The smallest absolute Gasteiger partial charge is 0.291 e. The van der Waals surface area contributed by atoms with Gasteiger partial charge >= 0.3 is 0 Å². The normalized spacial score (nSPS) is 17.7. The lowest BCUT2D eigenvalue weighted by Gasteiger charge is -2.34. The van der Waals surface area contributed by atoms with Crippen molar-refractivity contribution in [2.45, 2.75) is 25.8 Å². The Morgan fingerprint density at radius 2 is 1.73 bits per heavy atom. The minimum absolute atomic E-state index is 0.152. The first-order valence-corrected chi connectivity index (χ1v) is 9.05. The number of Topliss-reactive ketones (excluding diaryl/α,β-unsaturated/α-hetero) is 1. The molecule has 1 heterocycles. The fourth-order valence-corrected chi connectivity index (χ4v) is 2.99. The highest BCUT2D eigenvalue weighted by molar-refractivity contribution is 6.37. The second-order valence-corrected chi connectivity index (χ2v) is 6.86. The minimum atomic E-state index is -0.790. The minimum Gasteiger partial charge on any atom is -0.485 e. The van der Waals surface area contributed by atoms with E-state index in [1.807, 2.05) is 19.1 Å². The molecule has 0 aromatic heterocycles. The highest BCUT2D eigenvalue weighted by atomic mass is 16.5. The molecule has 2 fully saturated rings. The summed E-state index contributed by atoms with van der Waals surface area (Å²) in [4.78, 5) is 40.0. The van der Waals surface area contributed by atoms with Crippen molar-refractivity contribution in [2.75, 3.05) is 39.3 Å². The van der Waals surface area contributed by atoms with Crippen molar-refractivity contribution in [2.24, 2.45) is 0 Å². The number of rotatable bonds is 7. The van der Waals surface area contributed by atoms with E-state index < -0.39 is 11.7 Å². The molecule has 1 aliphatic heterocycles. The lowest BCUT2D eigenvalue weighted by molar-refractivity contribution is -0.140. The fraction of sp³-hybridized carbons (Fsp3) is 0.526. The molecule has 0 atom stereocenters. The number of ketones is 1. The van der Waals surface area contributed by atoms with Gasteiger partial charge in [0.05, 0.1) is 6.54 Å². The number of hydrogen-bond acceptors (Lipinski definition) is 5. The maximum atomic E-state index is 12.2. The summed E-state index contributed by atoms with van der Waals surface area (Å²) in [5.41, 5.74) is 1.08. The predicted molar refractivity (Wildman–Crippen MR) is 95.9 cm³/mol. The Labute approximate surface area is 153 Å². The lowest BCUT2D eigenvalue weighted by atomic mass is 10.2. The fourth-order valence-electron chi connectivity index (χ4n) is 2.99. The van der Waals surface area contributed by atoms with Crippen LogP contribution in [0.4, 0.5) is 0 Å². The quantitative estimate of drug-likeness (QED) is 0.712. The van der Waals surface area contributed by atoms with Crippen molar-refractivity contribution in [3.05, 3.63) is 29.8 Å². The lowest BCUT2D eigenvalue weighted by Crippen LogP contribution is -2.52. The van der Waals surface area contributed by atoms with Crippen LogP contribution in [0, 0.1) is 6.92 Å². The zero-order valence-electron chi connectivity index (χ0n) is 15.1. The van der Waals surface area contributed by atoms with Crippen LogP contribution in [0.2, 0.25) is 0 Å².